The Morgan fingerprint density at radius 3 is 1.27 bits per heavy atom. The number of nitrogens with one attached hydrogen (secondary N) is 1. The van der Waals surface area contributed by atoms with Gasteiger partial charge in [-0.2, -0.15) is 41.9 Å². The molecular weight excluding hydrogens is 1630 g/mol. The number of fused-ring (bicyclic) bond motifs is 14. The average Bonchev–Trinajstić information content (AvgIpc) is 1.35. The fourth-order valence-electron chi connectivity index (χ4n) is 21.0. The predicted molar refractivity (Wildman–Crippen MR) is 471 cm³/mol. The summed E-state index contributed by atoms with van der Waals surface area (Å²) >= 11 is 0. The minimum atomic E-state index is -4.33. The van der Waals surface area contributed by atoms with E-state index in [2.05, 4.69) is 141 Å². The molecule has 0 radical (unpaired) electrons. The summed E-state index contributed by atoms with van der Waals surface area (Å²) in [6.07, 6.45) is 7.68. The molecule has 1 N–H and O–H groups in total. The summed E-state index contributed by atoms with van der Waals surface area (Å²) in [7, 11) is 0. The number of hydrogen-bond donors (Lipinski definition) is 1. The van der Waals surface area contributed by atoms with Crippen molar-refractivity contribution in [1.82, 2.24) is 4.58 Å². The van der Waals surface area contributed by atoms with Gasteiger partial charge >= 0.3 is 29.9 Å². The Bertz CT molecular complexity index is 6220. The Morgan fingerprint density at radius 1 is 0.500 bits per heavy atom. The molecule has 0 aromatic heterocycles. The molecule has 0 spiro atoms. The number of Topliss-reactive ketones (excluding diaryl/α,β-unsaturated/α-hetero) is 2. The zero-order valence-corrected chi connectivity index (χ0v) is 72.5. The van der Waals surface area contributed by atoms with E-state index in [0.717, 1.165) is 208 Å². The zero-order valence-electron chi connectivity index (χ0n) is 72.5. The van der Waals surface area contributed by atoms with E-state index in [1.165, 1.54) is 55.1 Å². The first-order valence-corrected chi connectivity index (χ1v) is 43.8. The van der Waals surface area contributed by atoms with Crippen molar-refractivity contribution in [2.45, 2.75) is 155 Å². The Morgan fingerprint density at radius 2 is 0.875 bits per heavy atom. The van der Waals surface area contributed by atoms with E-state index in [9.17, 15) is 48.5 Å². The van der Waals surface area contributed by atoms with Crippen molar-refractivity contribution in [3.8, 4) is 40.2 Å². The van der Waals surface area contributed by atoms with E-state index in [1.54, 1.807) is 36.4 Å². The number of anilines is 5. The van der Waals surface area contributed by atoms with Crippen LogP contribution < -0.4 is 63.7 Å². The third-order valence-electron chi connectivity index (χ3n) is 26.5. The molecule has 9 aromatic carbocycles. The maximum atomic E-state index is 13.6. The van der Waals surface area contributed by atoms with Gasteiger partial charge < -0.3 is 64.4 Å². The summed E-state index contributed by atoms with van der Waals surface area (Å²) in [6, 6.07) is 41.6. The lowest BCUT2D eigenvalue weighted by Crippen LogP contribution is -2.43. The van der Waals surface area contributed by atoms with Crippen LogP contribution in [0.2, 0.25) is 0 Å². The van der Waals surface area contributed by atoms with Gasteiger partial charge in [0, 0.05) is 208 Å². The Hall–Kier alpha value is -14.0. The molecule has 9 aromatic rings. The highest BCUT2D eigenvalue weighted by Crippen LogP contribution is 2.59. The highest BCUT2D eigenvalue weighted by atomic mass is 19.4. The second kappa shape index (κ2) is 37.7. The van der Waals surface area contributed by atoms with Crippen molar-refractivity contribution in [1.29, 1.82) is 5.53 Å². The van der Waals surface area contributed by atoms with Gasteiger partial charge in [-0.1, -0.05) is 47.5 Å². The third-order valence-corrected chi connectivity index (χ3v) is 26.5. The largest absolute Gasteiger partial charge is 0.545 e. The SMILES string of the molecule is C=[N+]=N.CCN1CCCc2cc3c(cc21)Oc1cc2c(cc1=C3c1cc(C)ccc1C(=O)[O-])CCC[N+]=2CC(F)(F)F.CCN1CCCc2cc3c(cc21)Oc1cc2c(cc1C3C1C(=[N+]=[N-])C(=O)c3ccc(C)cc31)CCCN2CC.CCN1CCCc2cc3c(cc21)Oc1cc2c(cc1C3C1C(=[N+]=[N-])C(=O)c3ccc(OC=O)cc31)CCCN2CC.O=C=O.O=C=O. The number of carboxylic acids is 1. The van der Waals surface area contributed by atoms with Crippen LogP contribution in [0.1, 0.15) is 217 Å². The van der Waals surface area contributed by atoms with Crippen molar-refractivity contribution in [2.75, 3.05) is 103 Å². The summed E-state index contributed by atoms with van der Waals surface area (Å²) in [4.78, 5) is 105. The maximum absolute atomic E-state index is 13.6. The van der Waals surface area contributed by atoms with Crippen LogP contribution in [-0.2, 0) is 62.5 Å². The number of carbonyl (C=O) groups is 4. The number of ether oxygens (including phenoxy) is 4. The van der Waals surface area contributed by atoms with Gasteiger partial charge in [0.05, 0.1) is 17.6 Å². The smallest absolute Gasteiger partial charge is 0.448 e. The first kappa shape index (κ1) is 88.9. The van der Waals surface area contributed by atoms with Gasteiger partial charge in [0.25, 0.3) is 24.8 Å². The van der Waals surface area contributed by atoms with Gasteiger partial charge in [0.15, 0.2) is 0 Å². The molecule has 0 amide bonds. The van der Waals surface area contributed by atoms with Crippen molar-refractivity contribution in [2.24, 2.45) is 0 Å². The number of halogens is 3. The van der Waals surface area contributed by atoms with Gasteiger partial charge in [0.2, 0.25) is 11.9 Å². The molecule has 128 heavy (non-hydrogen) atoms. The summed E-state index contributed by atoms with van der Waals surface area (Å²) in [5.74, 6) is 1.29. The van der Waals surface area contributed by atoms with E-state index in [1.807, 2.05) is 44.2 Å². The van der Waals surface area contributed by atoms with Crippen molar-refractivity contribution >= 4 is 88.5 Å². The quantitative estimate of drug-likeness (QED) is 0.0390. The number of alkyl halides is 3. The molecule has 28 heteroatoms. The highest BCUT2D eigenvalue weighted by molar-refractivity contribution is 6.50. The molecule has 9 aliphatic heterocycles. The predicted octanol–water partition coefficient (Wildman–Crippen LogP) is 14.3. The van der Waals surface area contributed by atoms with Crippen molar-refractivity contribution in [3.05, 3.63) is 255 Å². The number of ketones is 2. The Labute approximate surface area is 738 Å². The van der Waals surface area contributed by atoms with Crippen LogP contribution in [0.5, 0.6) is 40.2 Å². The van der Waals surface area contributed by atoms with Crippen LogP contribution >= 0.6 is 0 Å². The molecular formula is C100H98F3N12O13+. The number of carboxylic acid groups (broad SMARTS) is 1. The molecule has 0 saturated carbocycles. The molecule has 2 aliphatic carbocycles. The molecule has 11 aliphatic rings. The average molecular weight is 1730 g/mol. The number of rotatable bonds is 12. The molecule has 2 unspecified atom stereocenters. The minimum Gasteiger partial charge on any atom is -0.545 e. The van der Waals surface area contributed by atoms with Gasteiger partial charge in [-0.3, -0.25) is 14.4 Å². The first-order chi connectivity index (χ1) is 61.9. The number of aryl methyl sites for hydroxylation is 8. The van der Waals surface area contributed by atoms with Crippen LogP contribution in [0, 0.1) is 19.4 Å². The number of aromatic carboxylic acids is 1. The van der Waals surface area contributed by atoms with E-state index in [-0.39, 0.29) is 58.6 Å². The van der Waals surface area contributed by atoms with Crippen LogP contribution in [0.3, 0.4) is 0 Å². The van der Waals surface area contributed by atoms with Crippen LogP contribution in [0.4, 0.5) is 41.6 Å². The van der Waals surface area contributed by atoms with Gasteiger partial charge in [-0.05, 0) is 218 Å². The first-order valence-electron chi connectivity index (χ1n) is 43.8. The summed E-state index contributed by atoms with van der Waals surface area (Å²) in [5, 5.41) is 13.4. The minimum absolute atomic E-state index is 0.0683. The Balaban J connectivity index is 0.000000141. The fourth-order valence-corrected chi connectivity index (χ4v) is 21.0. The lowest BCUT2D eigenvalue weighted by molar-refractivity contribution is -0.255. The van der Waals surface area contributed by atoms with E-state index in [0.29, 0.717) is 81.5 Å². The normalized spacial score (nSPS) is 17.1. The van der Waals surface area contributed by atoms with E-state index < -0.39 is 24.6 Å². The van der Waals surface area contributed by atoms with Crippen LogP contribution in [0.25, 0.3) is 16.6 Å². The molecule has 0 bridgehead atoms. The molecule has 25 nitrogen and oxygen atoms in total. The number of hydrogen-bond acceptors (Lipinski definition) is 19. The lowest BCUT2D eigenvalue weighted by Gasteiger charge is -2.37. The monoisotopic (exact) mass is 1730 g/mol. The third kappa shape index (κ3) is 16.8. The van der Waals surface area contributed by atoms with E-state index >= 15 is 0 Å². The van der Waals surface area contributed by atoms with Crippen molar-refractivity contribution in [3.63, 3.8) is 0 Å². The molecule has 2 atom stereocenters. The second-order valence-electron chi connectivity index (χ2n) is 33.5. The topological polar surface area (TPSA) is 326 Å². The fraction of sp³-hybridized carbons (Fsp3) is 0.360. The number of nitrogens with zero attached hydrogens (tertiary/aromatic N) is 11. The molecule has 20 rings (SSSR count). The number of benzene rings is 9. The van der Waals surface area contributed by atoms with Crippen LogP contribution in [0.15, 0.2) is 127 Å². The lowest BCUT2D eigenvalue weighted by atomic mass is 9.73. The summed E-state index contributed by atoms with van der Waals surface area (Å²) < 4.78 is 66.7. The molecule has 0 fully saturated rings. The second-order valence-corrected chi connectivity index (χ2v) is 33.5. The summed E-state index contributed by atoms with van der Waals surface area (Å²) in [5.41, 5.74) is 50.5. The van der Waals surface area contributed by atoms with Gasteiger partial charge in [0.1, 0.15) is 58.6 Å². The van der Waals surface area contributed by atoms with Gasteiger partial charge in [-0.25, -0.2) is 4.58 Å². The van der Waals surface area contributed by atoms with Gasteiger partial charge in [-0.15, -0.1) is 0 Å². The molecule has 656 valence electrons. The molecule has 9 heterocycles. The van der Waals surface area contributed by atoms with Crippen molar-refractivity contribution < 1.29 is 90.0 Å². The summed E-state index contributed by atoms with van der Waals surface area (Å²) in [6.45, 7) is 26.8. The van der Waals surface area contributed by atoms with Crippen LogP contribution in [-0.4, -0.2) is 154 Å². The van der Waals surface area contributed by atoms with E-state index in [4.69, 9.17) is 43.7 Å². The number of carbonyl (C=O) groups excluding carboxylic acids is 8. The Kier molecular flexibility index (Phi) is 26.2. The highest BCUT2D eigenvalue weighted by Gasteiger charge is 2.53. The maximum Gasteiger partial charge on any atom is 0.448 e. The standard InChI is InChI=1S/C33H32N4O4.C33H34N4O2.C31H29F3N2O3.CH3N2.2CO2/c1-3-36-11-5-7-19-13-24-28(16-26(19)36)41-29-17-27-20(8-6-12-37(27)4-2)14-25(29)30(24)31-23-15-21(40-18-38)9-10-22(23)33(39)32(31)35-34;1-4-36-12-6-8-20-15-24-28(17-26(20)36)39-29-18-27-21(9-7-13-37(27)5-2)16-25(29)30(24)31-23-14-19(3)10-11-22(23)33(38)32(31)35-34;1-3-35-10-4-6-19-13-23-27(15-25(19)35)39-28-16-26-20(7-5-11-36(26)17-31(32,33)34)14-24(28)29(23)22-12-18(2)8-9-21(22)30(37)38;1-3-2;2*2-1-3/h9-10,13-18,30-31H,3-8,11-12H2,1-2H3;10-11,14-18,30-31H,4-9,12-13H2,1-3H3;8-9,12-16H,3-7,10-11,17H2,1-2H3;2H,1H2;;/q;;;+1;;. The zero-order chi connectivity index (χ0) is 90.7. The molecule has 0 saturated heterocycles.